The van der Waals surface area contributed by atoms with E-state index in [0.717, 1.165) is 22.6 Å². The number of nitrogens with zero attached hydrogens (tertiary/aromatic N) is 2. The van der Waals surface area contributed by atoms with Crippen LogP contribution in [-0.4, -0.2) is 18.1 Å². The monoisotopic (exact) mass is 475 g/mol. The van der Waals surface area contributed by atoms with Gasteiger partial charge in [0.1, 0.15) is 5.75 Å². The van der Waals surface area contributed by atoms with Gasteiger partial charge < -0.3 is 10.1 Å². The lowest BCUT2D eigenvalue weighted by molar-refractivity contribution is -0.385. The molecule has 7 heteroatoms. The quantitative estimate of drug-likeness (QED) is 0.264. The molecule has 3 aromatic carbocycles. The van der Waals surface area contributed by atoms with Crippen molar-refractivity contribution in [3.8, 4) is 5.75 Å². The number of ether oxygens (including phenoxy) is 1. The van der Waals surface area contributed by atoms with Gasteiger partial charge in [-0.15, -0.1) is 0 Å². The molecule has 0 aliphatic rings. The number of hydrogen-bond donors (Lipinski definition) is 1. The lowest BCUT2D eigenvalue weighted by Crippen LogP contribution is -2.35. The molecular weight excluding hydrogens is 442 g/mol. The number of nitro benzene ring substituents is 1. The van der Waals surface area contributed by atoms with Gasteiger partial charge in [0.15, 0.2) is 0 Å². The minimum Gasteiger partial charge on any atom is -0.497 e. The lowest BCUT2D eigenvalue weighted by atomic mass is 10.0. The number of carbonyl (C=O) groups is 1. The second-order valence-corrected chi connectivity index (χ2v) is 8.67. The number of aryl methyl sites for hydroxylation is 1. The van der Waals surface area contributed by atoms with Crippen LogP contribution in [0.15, 0.2) is 60.7 Å². The molecule has 0 saturated carbocycles. The smallest absolute Gasteiger partial charge is 0.326 e. The molecule has 0 bridgehead atoms. The van der Waals surface area contributed by atoms with E-state index in [1.165, 1.54) is 11.6 Å². The van der Waals surface area contributed by atoms with Gasteiger partial charge >= 0.3 is 6.03 Å². The summed E-state index contributed by atoms with van der Waals surface area (Å²) in [6.45, 7) is 8.40. The number of amides is 2. The van der Waals surface area contributed by atoms with Gasteiger partial charge in [0.2, 0.25) is 0 Å². The average Bonchev–Trinajstić information content (AvgIpc) is 2.87. The first-order chi connectivity index (χ1) is 16.8. The van der Waals surface area contributed by atoms with Crippen LogP contribution in [0, 0.1) is 10.1 Å². The fourth-order valence-corrected chi connectivity index (χ4v) is 4.07. The Kier molecular flexibility index (Phi) is 8.47. The maximum absolute atomic E-state index is 13.7. The fourth-order valence-electron chi connectivity index (χ4n) is 4.07. The number of rotatable bonds is 9. The van der Waals surface area contributed by atoms with Crippen LogP contribution < -0.4 is 15.0 Å². The summed E-state index contributed by atoms with van der Waals surface area (Å²) < 4.78 is 5.25. The van der Waals surface area contributed by atoms with Crippen molar-refractivity contribution in [3.63, 3.8) is 0 Å². The van der Waals surface area contributed by atoms with Gasteiger partial charge in [-0.25, -0.2) is 4.79 Å². The molecule has 1 N–H and O–H groups in total. The predicted octanol–water partition coefficient (Wildman–Crippen LogP) is 7.09. The third-order valence-electron chi connectivity index (χ3n) is 6.15. The molecule has 3 aromatic rings. The van der Waals surface area contributed by atoms with Gasteiger partial charge in [-0.1, -0.05) is 58.0 Å². The molecule has 2 amide bonds. The largest absolute Gasteiger partial charge is 0.497 e. The first kappa shape index (κ1) is 25.7. The van der Waals surface area contributed by atoms with Crippen LogP contribution >= 0.6 is 0 Å². The van der Waals surface area contributed by atoms with Crippen LogP contribution in [0.25, 0.3) is 0 Å². The number of nitrogens with one attached hydrogen (secondary N) is 1. The molecule has 0 aliphatic heterocycles. The van der Waals surface area contributed by atoms with Gasteiger partial charge in [0.05, 0.1) is 29.8 Å². The Morgan fingerprint density at radius 2 is 1.66 bits per heavy atom. The van der Waals surface area contributed by atoms with Gasteiger partial charge in [0, 0.05) is 11.8 Å². The fraction of sp³-hybridized carbons (Fsp3) is 0.321. The van der Waals surface area contributed by atoms with Crippen LogP contribution in [0.1, 0.15) is 55.9 Å². The Hall–Kier alpha value is -3.87. The van der Waals surface area contributed by atoms with Gasteiger partial charge in [-0.2, -0.15) is 0 Å². The van der Waals surface area contributed by atoms with Crippen molar-refractivity contribution in [1.29, 1.82) is 0 Å². The Balaban J connectivity index is 2.02. The molecule has 0 fully saturated rings. The minimum atomic E-state index is -0.395. The lowest BCUT2D eigenvalue weighted by Gasteiger charge is -2.25. The van der Waals surface area contributed by atoms with Crippen molar-refractivity contribution in [2.45, 2.75) is 53.0 Å². The highest BCUT2D eigenvalue weighted by Crippen LogP contribution is 2.32. The van der Waals surface area contributed by atoms with E-state index in [1.54, 1.807) is 18.1 Å². The van der Waals surface area contributed by atoms with Gasteiger partial charge in [0.25, 0.3) is 5.69 Å². The van der Waals surface area contributed by atoms with Gasteiger partial charge in [-0.05, 0) is 59.7 Å². The minimum absolute atomic E-state index is 0.0167. The number of hydrogen-bond acceptors (Lipinski definition) is 4. The summed E-state index contributed by atoms with van der Waals surface area (Å²) in [5.41, 5.74) is 4.78. The highest BCUT2D eigenvalue weighted by atomic mass is 16.6. The molecule has 0 spiro atoms. The highest BCUT2D eigenvalue weighted by Gasteiger charge is 2.23. The van der Waals surface area contributed by atoms with Crippen LogP contribution in [-0.2, 0) is 19.4 Å². The molecule has 184 valence electrons. The molecule has 0 atom stereocenters. The molecule has 0 aromatic heterocycles. The van der Waals surface area contributed by atoms with Crippen LogP contribution in [0.4, 0.5) is 21.9 Å². The van der Waals surface area contributed by atoms with Crippen molar-refractivity contribution in [1.82, 2.24) is 0 Å². The number of nitro groups is 1. The van der Waals surface area contributed by atoms with E-state index in [4.69, 9.17) is 4.74 Å². The molecule has 0 aliphatic carbocycles. The summed E-state index contributed by atoms with van der Waals surface area (Å²) in [5.74, 6) is 1.11. The van der Waals surface area contributed by atoms with E-state index in [9.17, 15) is 14.9 Å². The van der Waals surface area contributed by atoms with E-state index >= 15 is 0 Å². The molecular formula is C28H33N3O4. The Morgan fingerprint density at radius 1 is 1.00 bits per heavy atom. The number of methoxy groups -OCH3 is 1. The number of carbonyl (C=O) groups excluding carboxylic acids is 1. The van der Waals surface area contributed by atoms with Crippen LogP contribution in [0.5, 0.6) is 5.75 Å². The van der Waals surface area contributed by atoms with E-state index in [0.29, 0.717) is 36.6 Å². The first-order valence-electron chi connectivity index (χ1n) is 11.9. The number of benzene rings is 3. The Labute approximate surface area is 206 Å². The summed E-state index contributed by atoms with van der Waals surface area (Å²) in [6, 6.07) is 18.4. The van der Waals surface area contributed by atoms with E-state index in [2.05, 4.69) is 19.2 Å². The zero-order valence-electron chi connectivity index (χ0n) is 21.0. The maximum Gasteiger partial charge on any atom is 0.326 e. The summed E-state index contributed by atoms with van der Waals surface area (Å²) in [5, 5.41) is 14.6. The molecule has 0 heterocycles. The van der Waals surface area contributed by atoms with Crippen molar-refractivity contribution in [2.24, 2.45) is 0 Å². The Bertz CT molecular complexity index is 1170. The number of anilines is 2. The summed E-state index contributed by atoms with van der Waals surface area (Å²) in [6.07, 6.45) is 1.07. The van der Waals surface area contributed by atoms with Crippen molar-refractivity contribution in [3.05, 3.63) is 93.0 Å². The zero-order valence-corrected chi connectivity index (χ0v) is 21.0. The highest BCUT2D eigenvalue weighted by molar-refractivity contribution is 6.03. The summed E-state index contributed by atoms with van der Waals surface area (Å²) in [7, 11) is 1.61. The second-order valence-electron chi connectivity index (χ2n) is 8.67. The number of urea groups is 1. The van der Waals surface area contributed by atoms with Crippen molar-refractivity contribution < 1.29 is 14.5 Å². The standard InChI is InChI=1S/C28H33N3O4/c1-6-21-12-17-26(31(33)34)25(7-2)27(21)29-28(32)30(18-20-8-15-24(35-5)16-9-20)23-13-10-22(11-14-23)19(3)4/h8-17,19H,6-7,18H2,1-5H3,(H,29,32). The molecule has 0 radical (unpaired) electrons. The van der Waals surface area contributed by atoms with E-state index < -0.39 is 4.92 Å². The summed E-state index contributed by atoms with van der Waals surface area (Å²) >= 11 is 0. The predicted molar refractivity (Wildman–Crippen MR) is 141 cm³/mol. The molecule has 3 rings (SSSR count). The molecule has 7 nitrogen and oxygen atoms in total. The Morgan fingerprint density at radius 3 is 2.17 bits per heavy atom. The van der Waals surface area contributed by atoms with Crippen LogP contribution in [0.3, 0.4) is 0 Å². The van der Waals surface area contributed by atoms with Crippen molar-refractivity contribution >= 4 is 23.1 Å². The topological polar surface area (TPSA) is 84.7 Å². The first-order valence-corrected chi connectivity index (χ1v) is 11.9. The molecule has 0 unspecified atom stereocenters. The van der Waals surface area contributed by atoms with Crippen molar-refractivity contribution in [2.75, 3.05) is 17.3 Å². The third-order valence-corrected chi connectivity index (χ3v) is 6.15. The maximum atomic E-state index is 13.7. The third kappa shape index (κ3) is 5.98. The molecule has 0 saturated heterocycles. The summed E-state index contributed by atoms with van der Waals surface area (Å²) in [4.78, 5) is 26.6. The van der Waals surface area contributed by atoms with Crippen LogP contribution in [0.2, 0.25) is 0 Å². The normalized spacial score (nSPS) is 10.8. The van der Waals surface area contributed by atoms with Gasteiger partial charge in [-0.3, -0.25) is 15.0 Å². The van der Waals surface area contributed by atoms with E-state index in [-0.39, 0.29) is 11.7 Å². The second kappa shape index (κ2) is 11.5. The molecule has 35 heavy (non-hydrogen) atoms. The average molecular weight is 476 g/mol. The zero-order chi connectivity index (χ0) is 25.5. The van der Waals surface area contributed by atoms with E-state index in [1.807, 2.05) is 62.4 Å². The SMILES string of the molecule is CCc1ccc([N+](=O)[O-])c(CC)c1NC(=O)N(Cc1ccc(OC)cc1)c1ccc(C(C)C)cc1.